The van der Waals surface area contributed by atoms with Crippen LogP contribution in [0.3, 0.4) is 0 Å². The molecule has 0 aliphatic heterocycles. The summed E-state index contributed by atoms with van der Waals surface area (Å²) >= 11 is 0. The van der Waals surface area contributed by atoms with Gasteiger partial charge in [-0.2, -0.15) is 13.2 Å². The SMILES string of the molecule is CCc1ccccc1-c1cnc2c(C(F)(F)F)cccc2c1-c1cccc(OCc2ccc(CCC(=O)OC)cc2)c1. The van der Waals surface area contributed by atoms with Gasteiger partial charge in [0.05, 0.1) is 18.2 Å². The lowest BCUT2D eigenvalue weighted by Gasteiger charge is -2.18. The van der Waals surface area contributed by atoms with Crippen LogP contribution in [0.5, 0.6) is 5.75 Å². The van der Waals surface area contributed by atoms with Gasteiger partial charge < -0.3 is 9.47 Å². The molecule has 1 heterocycles. The second kappa shape index (κ2) is 12.5. The van der Waals surface area contributed by atoms with Crippen molar-refractivity contribution in [2.75, 3.05) is 7.11 Å². The van der Waals surface area contributed by atoms with E-state index in [9.17, 15) is 18.0 Å². The largest absolute Gasteiger partial charge is 0.489 e. The molecular formula is C35H30F3NO3. The van der Waals surface area contributed by atoms with Gasteiger partial charge in [0.25, 0.3) is 0 Å². The molecule has 0 N–H and O–H groups in total. The lowest BCUT2D eigenvalue weighted by atomic mass is 9.89. The van der Waals surface area contributed by atoms with Crippen LogP contribution in [0, 0.1) is 0 Å². The number of pyridine rings is 1. The molecule has 0 radical (unpaired) electrons. The Morgan fingerprint density at radius 1 is 0.857 bits per heavy atom. The maximum Gasteiger partial charge on any atom is 0.418 e. The highest BCUT2D eigenvalue weighted by Crippen LogP contribution is 2.42. The van der Waals surface area contributed by atoms with Gasteiger partial charge in [-0.15, -0.1) is 0 Å². The highest BCUT2D eigenvalue weighted by Gasteiger charge is 2.34. The van der Waals surface area contributed by atoms with E-state index in [-0.39, 0.29) is 11.5 Å². The number of para-hydroxylation sites is 1. The first-order chi connectivity index (χ1) is 20.3. The second-order valence-electron chi connectivity index (χ2n) is 9.97. The van der Waals surface area contributed by atoms with E-state index in [0.717, 1.165) is 45.9 Å². The predicted octanol–water partition coefficient (Wildman–Crippen LogP) is 8.83. The standard InChI is InChI=1S/C35H30F3NO3/c1-3-25-8-4-5-11-28(25)30-21-39-34-29(12-7-13-31(34)35(36,37)38)33(30)26-9-6-10-27(20-26)42-22-24-16-14-23(15-17-24)18-19-32(40)41-2/h4-17,20-21H,3,18-19,22H2,1-2H3. The maximum absolute atomic E-state index is 14.0. The molecule has 0 fully saturated rings. The number of alkyl halides is 3. The third-order valence-electron chi connectivity index (χ3n) is 7.29. The van der Waals surface area contributed by atoms with Crippen molar-refractivity contribution in [2.24, 2.45) is 0 Å². The minimum atomic E-state index is -4.54. The Balaban J connectivity index is 1.51. The molecular weight excluding hydrogens is 539 g/mol. The fraction of sp³-hybridized carbons (Fsp3) is 0.200. The van der Waals surface area contributed by atoms with E-state index in [2.05, 4.69) is 11.9 Å². The quantitative estimate of drug-likeness (QED) is 0.166. The molecule has 7 heteroatoms. The first-order valence-electron chi connectivity index (χ1n) is 13.7. The number of ether oxygens (including phenoxy) is 2. The van der Waals surface area contributed by atoms with E-state index in [0.29, 0.717) is 36.1 Å². The fourth-order valence-electron chi connectivity index (χ4n) is 5.12. The average molecular weight is 570 g/mol. The monoisotopic (exact) mass is 569 g/mol. The van der Waals surface area contributed by atoms with Crippen molar-refractivity contribution in [2.45, 2.75) is 39.0 Å². The number of aromatic nitrogens is 1. The Labute approximate surface area is 242 Å². The van der Waals surface area contributed by atoms with Gasteiger partial charge >= 0.3 is 12.1 Å². The summed E-state index contributed by atoms with van der Waals surface area (Å²) in [5.74, 6) is 0.342. The number of esters is 1. The van der Waals surface area contributed by atoms with Crippen LogP contribution in [0.4, 0.5) is 13.2 Å². The Morgan fingerprint density at radius 2 is 1.60 bits per heavy atom. The van der Waals surface area contributed by atoms with Crippen LogP contribution in [0.25, 0.3) is 33.2 Å². The van der Waals surface area contributed by atoms with E-state index in [1.54, 1.807) is 12.3 Å². The second-order valence-corrected chi connectivity index (χ2v) is 9.97. The molecule has 0 aliphatic rings. The van der Waals surface area contributed by atoms with Crippen LogP contribution >= 0.6 is 0 Å². The minimum absolute atomic E-state index is 0.0867. The lowest BCUT2D eigenvalue weighted by Crippen LogP contribution is -2.07. The zero-order valence-corrected chi connectivity index (χ0v) is 23.4. The molecule has 5 rings (SSSR count). The number of carbonyl (C=O) groups is 1. The van der Waals surface area contributed by atoms with E-state index >= 15 is 0 Å². The zero-order valence-electron chi connectivity index (χ0n) is 23.4. The topological polar surface area (TPSA) is 48.4 Å². The number of hydrogen-bond donors (Lipinski definition) is 0. The van der Waals surface area contributed by atoms with Crippen molar-refractivity contribution in [3.8, 4) is 28.0 Å². The highest BCUT2D eigenvalue weighted by molar-refractivity contribution is 6.03. The number of methoxy groups -OCH3 is 1. The van der Waals surface area contributed by atoms with Gasteiger partial charge in [-0.3, -0.25) is 9.78 Å². The maximum atomic E-state index is 14.0. The molecule has 5 aromatic rings. The number of rotatable bonds is 9. The Hall–Kier alpha value is -4.65. The van der Waals surface area contributed by atoms with Crippen molar-refractivity contribution in [3.63, 3.8) is 0 Å². The van der Waals surface area contributed by atoms with Crippen LogP contribution in [0.15, 0.2) is 97.2 Å². The van der Waals surface area contributed by atoms with Crippen molar-refractivity contribution < 1.29 is 27.4 Å². The van der Waals surface area contributed by atoms with E-state index in [1.165, 1.54) is 13.2 Å². The number of halogens is 3. The van der Waals surface area contributed by atoms with Crippen molar-refractivity contribution >= 4 is 16.9 Å². The van der Waals surface area contributed by atoms with Crippen LogP contribution in [-0.2, 0) is 35.2 Å². The predicted molar refractivity (Wildman–Crippen MR) is 158 cm³/mol. The minimum Gasteiger partial charge on any atom is -0.489 e. The summed E-state index contributed by atoms with van der Waals surface area (Å²) in [7, 11) is 1.37. The molecule has 0 bridgehead atoms. The van der Waals surface area contributed by atoms with Gasteiger partial charge in [0.2, 0.25) is 0 Å². The summed E-state index contributed by atoms with van der Waals surface area (Å²) in [6.45, 7) is 2.36. The van der Waals surface area contributed by atoms with Crippen molar-refractivity contribution in [1.29, 1.82) is 0 Å². The Kier molecular flexibility index (Phi) is 8.57. The molecule has 4 nitrogen and oxygen atoms in total. The molecule has 0 atom stereocenters. The van der Waals surface area contributed by atoms with Gasteiger partial charge in [0.1, 0.15) is 12.4 Å². The van der Waals surface area contributed by atoms with Crippen LogP contribution < -0.4 is 4.74 Å². The molecule has 0 amide bonds. The number of carbonyl (C=O) groups excluding carboxylic acids is 1. The van der Waals surface area contributed by atoms with Crippen molar-refractivity contribution in [3.05, 3.63) is 119 Å². The molecule has 0 aliphatic carbocycles. The molecule has 0 unspecified atom stereocenters. The number of fused-ring (bicyclic) bond motifs is 1. The smallest absolute Gasteiger partial charge is 0.418 e. The van der Waals surface area contributed by atoms with Crippen LogP contribution in [0.2, 0.25) is 0 Å². The third kappa shape index (κ3) is 6.30. The number of aryl methyl sites for hydroxylation is 2. The lowest BCUT2D eigenvalue weighted by molar-refractivity contribution is -0.140. The summed E-state index contributed by atoms with van der Waals surface area (Å²) in [4.78, 5) is 15.8. The van der Waals surface area contributed by atoms with Gasteiger partial charge in [0, 0.05) is 29.1 Å². The van der Waals surface area contributed by atoms with Crippen molar-refractivity contribution in [1.82, 2.24) is 4.98 Å². The van der Waals surface area contributed by atoms with Crippen LogP contribution in [-0.4, -0.2) is 18.1 Å². The Bertz CT molecular complexity index is 1710. The zero-order chi connectivity index (χ0) is 29.7. The molecule has 0 saturated carbocycles. The van der Waals surface area contributed by atoms with E-state index in [4.69, 9.17) is 9.47 Å². The van der Waals surface area contributed by atoms with E-state index in [1.807, 2.05) is 72.8 Å². The average Bonchev–Trinajstić information content (AvgIpc) is 3.01. The number of nitrogens with zero attached hydrogens (tertiary/aromatic N) is 1. The molecule has 0 spiro atoms. The summed E-state index contributed by atoms with van der Waals surface area (Å²) in [6, 6.07) is 27.3. The molecule has 42 heavy (non-hydrogen) atoms. The molecule has 4 aromatic carbocycles. The number of benzene rings is 4. The first-order valence-corrected chi connectivity index (χ1v) is 13.7. The summed E-state index contributed by atoms with van der Waals surface area (Å²) in [5.41, 5.74) is 5.30. The van der Waals surface area contributed by atoms with Gasteiger partial charge in [-0.05, 0) is 58.9 Å². The van der Waals surface area contributed by atoms with Gasteiger partial charge in [0.15, 0.2) is 0 Å². The van der Waals surface area contributed by atoms with Gasteiger partial charge in [-0.1, -0.05) is 79.7 Å². The molecule has 1 aromatic heterocycles. The highest BCUT2D eigenvalue weighted by atomic mass is 19.4. The Morgan fingerprint density at radius 3 is 2.33 bits per heavy atom. The molecule has 0 saturated heterocycles. The summed E-state index contributed by atoms with van der Waals surface area (Å²) < 4.78 is 52.7. The van der Waals surface area contributed by atoms with Crippen LogP contribution in [0.1, 0.15) is 35.6 Å². The third-order valence-corrected chi connectivity index (χ3v) is 7.29. The first kappa shape index (κ1) is 28.9. The fourth-order valence-corrected chi connectivity index (χ4v) is 5.12. The normalized spacial score (nSPS) is 11.5. The molecule has 214 valence electrons. The summed E-state index contributed by atoms with van der Waals surface area (Å²) in [5, 5.41) is 0.424. The number of hydrogen-bond acceptors (Lipinski definition) is 4. The van der Waals surface area contributed by atoms with Gasteiger partial charge in [-0.25, -0.2) is 0 Å². The summed E-state index contributed by atoms with van der Waals surface area (Å²) in [6.07, 6.45) is -1.31. The van der Waals surface area contributed by atoms with E-state index < -0.39 is 11.7 Å².